The maximum Gasteiger partial charge on any atom is 0.373 e. The van der Waals surface area contributed by atoms with Gasteiger partial charge >= 0.3 is 5.97 Å². The third-order valence-corrected chi connectivity index (χ3v) is 3.56. The summed E-state index contributed by atoms with van der Waals surface area (Å²) in [4.78, 5) is 24.9. The monoisotopic (exact) mass is 346 g/mol. The lowest BCUT2D eigenvalue weighted by Gasteiger charge is -2.14. The summed E-state index contributed by atoms with van der Waals surface area (Å²) in [5.74, 6) is -1.47. The van der Waals surface area contributed by atoms with Gasteiger partial charge in [-0.1, -0.05) is 12.1 Å². The molecule has 122 valence electrons. The molecule has 1 aromatic carbocycles. The Morgan fingerprint density at radius 1 is 1.33 bits per heavy atom. The molecule has 0 unspecified atom stereocenters. The van der Waals surface area contributed by atoms with E-state index < -0.39 is 17.7 Å². The lowest BCUT2D eigenvalue weighted by molar-refractivity contribution is -0.113. The molecule has 0 spiro atoms. The zero-order valence-corrected chi connectivity index (χ0v) is 13.2. The van der Waals surface area contributed by atoms with Gasteiger partial charge in [-0.3, -0.25) is 4.79 Å². The summed E-state index contributed by atoms with van der Waals surface area (Å²) < 4.78 is 23.7. The Morgan fingerprint density at radius 3 is 2.79 bits per heavy atom. The Balaban J connectivity index is 1.90. The van der Waals surface area contributed by atoms with Crippen molar-refractivity contribution in [1.82, 2.24) is 5.32 Å². The molecular formula is C16H11FN2O4S. The molecule has 1 N–H and O–H groups in total. The van der Waals surface area contributed by atoms with Gasteiger partial charge in [0.15, 0.2) is 5.11 Å². The zero-order chi connectivity index (χ0) is 17.3. The number of carbonyl (C=O) groups is 2. The first kappa shape index (κ1) is 15.9. The first-order valence-electron chi connectivity index (χ1n) is 6.81. The van der Waals surface area contributed by atoms with Crippen molar-refractivity contribution < 1.29 is 23.1 Å². The van der Waals surface area contributed by atoms with Crippen LogP contribution in [-0.4, -0.2) is 24.1 Å². The maximum atomic E-state index is 13.9. The van der Waals surface area contributed by atoms with Crippen molar-refractivity contribution in [2.75, 3.05) is 12.0 Å². The van der Waals surface area contributed by atoms with Crippen LogP contribution in [0.4, 0.5) is 10.1 Å². The Hall–Kier alpha value is -3.00. The molecule has 0 aliphatic carbocycles. The number of para-hydroxylation sites is 1. The number of ether oxygens (including phenoxy) is 1. The van der Waals surface area contributed by atoms with Crippen LogP contribution in [0.1, 0.15) is 16.3 Å². The third-order valence-electron chi connectivity index (χ3n) is 3.27. The number of thiocarbonyl (C=S) groups is 1. The van der Waals surface area contributed by atoms with Crippen molar-refractivity contribution in [3.05, 3.63) is 59.4 Å². The summed E-state index contributed by atoms with van der Waals surface area (Å²) in [6.45, 7) is 0. The van der Waals surface area contributed by atoms with Crippen molar-refractivity contribution in [3.8, 4) is 0 Å². The van der Waals surface area contributed by atoms with E-state index in [2.05, 4.69) is 10.1 Å². The molecule has 0 bridgehead atoms. The number of methoxy groups -OCH3 is 1. The van der Waals surface area contributed by atoms with Crippen molar-refractivity contribution in [2.24, 2.45) is 0 Å². The summed E-state index contributed by atoms with van der Waals surface area (Å²) in [5, 5.41) is 2.76. The van der Waals surface area contributed by atoms with Crippen molar-refractivity contribution in [2.45, 2.75) is 0 Å². The molecule has 1 aliphatic heterocycles. The van der Waals surface area contributed by atoms with E-state index in [1.54, 1.807) is 6.07 Å². The van der Waals surface area contributed by atoms with Gasteiger partial charge < -0.3 is 14.5 Å². The van der Waals surface area contributed by atoms with Crippen LogP contribution in [0.2, 0.25) is 0 Å². The van der Waals surface area contributed by atoms with Crippen LogP contribution in [0.3, 0.4) is 0 Å². The SMILES string of the molecule is COC(=O)c1ccc(C=C2NC(=S)N(c3ccccc3F)C2=O)o1. The van der Waals surface area contributed by atoms with Gasteiger partial charge in [-0.2, -0.15) is 0 Å². The summed E-state index contributed by atoms with van der Waals surface area (Å²) in [6, 6.07) is 8.73. The van der Waals surface area contributed by atoms with E-state index in [1.807, 2.05) is 0 Å². The smallest absolute Gasteiger partial charge is 0.373 e. The van der Waals surface area contributed by atoms with Crippen LogP contribution < -0.4 is 10.2 Å². The molecule has 1 saturated heterocycles. The number of nitrogens with zero attached hydrogens (tertiary/aromatic N) is 1. The van der Waals surface area contributed by atoms with Crippen molar-refractivity contribution >= 4 is 41.0 Å². The molecule has 0 atom stereocenters. The number of rotatable bonds is 3. The van der Waals surface area contributed by atoms with Crippen LogP contribution in [0.5, 0.6) is 0 Å². The molecule has 1 aromatic heterocycles. The standard InChI is InChI=1S/C16H11FN2O4S/c1-22-15(21)13-7-6-9(23-13)8-11-14(20)19(16(24)18-11)12-5-3-2-4-10(12)17/h2-8H,1H3,(H,18,24). The van der Waals surface area contributed by atoms with Crippen molar-refractivity contribution in [1.29, 1.82) is 0 Å². The Labute approximate surface area is 141 Å². The summed E-state index contributed by atoms with van der Waals surface area (Å²) in [7, 11) is 1.23. The molecule has 6 nitrogen and oxygen atoms in total. The zero-order valence-electron chi connectivity index (χ0n) is 12.4. The number of hydrogen-bond acceptors (Lipinski definition) is 5. The quantitative estimate of drug-likeness (QED) is 0.523. The van der Waals surface area contributed by atoms with Crippen LogP contribution in [0.25, 0.3) is 6.08 Å². The van der Waals surface area contributed by atoms with Crippen LogP contribution in [-0.2, 0) is 9.53 Å². The second kappa shape index (κ2) is 6.25. The molecule has 1 amide bonds. The van der Waals surface area contributed by atoms with Gasteiger partial charge in [-0.15, -0.1) is 0 Å². The number of carbonyl (C=O) groups excluding carboxylic acids is 2. The predicted octanol–water partition coefficient (Wildman–Crippen LogP) is 2.47. The van der Waals surface area contributed by atoms with Crippen LogP contribution in [0, 0.1) is 5.82 Å². The number of benzene rings is 1. The van der Waals surface area contributed by atoms with Gasteiger partial charge in [-0.25, -0.2) is 14.1 Å². The van der Waals surface area contributed by atoms with Crippen LogP contribution in [0.15, 0.2) is 46.5 Å². The lowest BCUT2D eigenvalue weighted by Crippen LogP contribution is -2.31. The normalized spacial score (nSPS) is 15.8. The molecule has 2 aromatic rings. The lowest BCUT2D eigenvalue weighted by atomic mass is 10.2. The molecule has 24 heavy (non-hydrogen) atoms. The van der Waals surface area contributed by atoms with Crippen molar-refractivity contribution in [3.63, 3.8) is 0 Å². The largest absolute Gasteiger partial charge is 0.463 e. The van der Waals surface area contributed by atoms with Gasteiger partial charge in [0.05, 0.1) is 12.8 Å². The van der Waals surface area contributed by atoms with E-state index in [4.69, 9.17) is 16.6 Å². The fourth-order valence-corrected chi connectivity index (χ4v) is 2.46. The highest BCUT2D eigenvalue weighted by atomic mass is 32.1. The fraction of sp³-hybridized carbons (Fsp3) is 0.0625. The van der Waals surface area contributed by atoms with Gasteiger partial charge in [0, 0.05) is 6.08 Å². The summed E-state index contributed by atoms with van der Waals surface area (Å²) in [6.07, 6.45) is 1.38. The molecule has 1 fully saturated rings. The minimum atomic E-state index is -0.631. The second-order valence-electron chi connectivity index (χ2n) is 4.77. The van der Waals surface area contributed by atoms with Gasteiger partial charge in [-0.05, 0) is 36.5 Å². The Kier molecular flexibility index (Phi) is 4.13. The average Bonchev–Trinajstić information content (AvgIpc) is 3.13. The summed E-state index contributed by atoms with van der Waals surface area (Å²) >= 11 is 5.10. The number of nitrogens with one attached hydrogen (secondary N) is 1. The predicted molar refractivity (Wildman–Crippen MR) is 87.6 cm³/mol. The maximum absolute atomic E-state index is 13.9. The molecular weight excluding hydrogens is 335 g/mol. The molecule has 1 aliphatic rings. The molecule has 0 saturated carbocycles. The second-order valence-corrected chi connectivity index (χ2v) is 5.16. The third kappa shape index (κ3) is 2.79. The Bertz CT molecular complexity index is 874. The van der Waals surface area contributed by atoms with Gasteiger partial charge in [0.2, 0.25) is 5.76 Å². The van der Waals surface area contributed by atoms with E-state index in [0.29, 0.717) is 0 Å². The van der Waals surface area contributed by atoms with E-state index in [0.717, 1.165) is 4.90 Å². The minimum Gasteiger partial charge on any atom is -0.463 e. The van der Waals surface area contributed by atoms with E-state index >= 15 is 0 Å². The molecule has 3 rings (SSSR count). The van der Waals surface area contributed by atoms with Gasteiger partial charge in [0.1, 0.15) is 17.3 Å². The van der Waals surface area contributed by atoms with Crippen LogP contribution >= 0.6 is 12.2 Å². The highest BCUT2D eigenvalue weighted by Gasteiger charge is 2.33. The summed E-state index contributed by atoms with van der Waals surface area (Å²) in [5.41, 5.74) is 0.159. The fourth-order valence-electron chi connectivity index (χ4n) is 2.17. The first-order valence-corrected chi connectivity index (χ1v) is 7.22. The first-order chi connectivity index (χ1) is 11.5. The van der Waals surface area contributed by atoms with E-state index in [9.17, 15) is 14.0 Å². The average molecular weight is 346 g/mol. The number of furan rings is 1. The van der Waals surface area contributed by atoms with E-state index in [1.165, 1.54) is 43.5 Å². The number of halogens is 1. The highest BCUT2D eigenvalue weighted by molar-refractivity contribution is 7.80. The molecule has 0 radical (unpaired) electrons. The highest BCUT2D eigenvalue weighted by Crippen LogP contribution is 2.25. The molecule has 8 heteroatoms. The number of hydrogen-bond donors (Lipinski definition) is 1. The van der Waals surface area contributed by atoms with Gasteiger partial charge in [0.25, 0.3) is 5.91 Å². The number of esters is 1. The topological polar surface area (TPSA) is 71.8 Å². The Morgan fingerprint density at radius 2 is 2.08 bits per heavy atom. The number of anilines is 1. The minimum absolute atomic E-state index is 0.00309. The van der Waals surface area contributed by atoms with E-state index in [-0.39, 0.29) is 28.0 Å². The number of amides is 1. The molecule has 2 heterocycles.